The molecule has 22 heavy (non-hydrogen) atoms. The Morgan fingerprint density at radius 2 is 1.91 bits per heavy atom. The fourth-order valence-electron chi connectivity index (χ4n) is 1.91. The summed E-state index contributed by atoms with van der Waals surface area (Å²) >= 11 is 0. The molecule has 3 N–H and O–H groups in total. The maximum Gasteiger partial charge on any atom is 0.337 e. The molecule has 0 unspecified atom stereocenters. The lowest BCUT2D eigenvalue weighted by atomic mass is 10.2. The zero-order chi connectivity index (χ0) is 15.9. The van der Waals surface area contributed by atoms with Gasteiger partial charge in [-0.2, -0.15) is 0 Å². The van der Waals surface area contributed by atoms with Crippen molar-refractivity contribution in [3.63, 3.8) is 0 Å². The summed E-state index contributed by atoms with van der Waals surface area (Å²) in [6.45, 7) is 0.304. The molecule has 0 aliphatic heterocycles. The van der Waals surface area contributed by atoms with Crippen LogP contribution in [-0.4, -0.2) is 24.2 Å². The van der Waals surface area contributed by atoms with Crippen molar-refractivity contribution in [3.8, 4) is 5.75 Å². The number of methoxy groups -OCH3 is 1. The van der Waals surface area contributed by atoms with Gasteiger partial charge < -0.3 is 20.5 Å². The standard InChI is InChI=1S/C16H16N2O4/c1-22-12-6-4-5-11(9-12)10-17-16(21)18-14-8-3-2-7-13(14)15(19)20/h2-9H,10H2,1H3,(H,19,20)(H2,17,18,21). The van der Waals surface area contributed by atoms with Crippen LogP contribution in [0.5, 0.6) is 5.75 Å². The van der Waals surface area contributed by atoms with Gasteiger partial charge >= 0.3 is 12.0 Å². The Balaban J connectivity index is 1.97. The fraction of sp³-hybridized carbons (Fsp3) is 0.125. The van der Waals surface area contributed by atoms with Crippen molar-refractivity contribution in [1.82, 2.24) is 5.32 Å². The second-order valence-corrected chi connectivity index (χ2v) is 4.51. The van der Waals surface area contributed by atoms with Crippen molar-refractivity contribution in [2.24, 2.45) is 0 Å². The van der Waals surface area contributed by atoms with E-state index in [1.54, 1.807) is 19.2 Å². The number of aromatic carboxylic acids is 1. The average Bonchev–Trinajstić information content (AvgIpc) is 2.53. The molecule has 0 atom stereocenters. The quantitative estimate of drug-likeness (QED) is 0.792. The molecule has 0 aliphatic rings. The van der Waals surface area contributed by atoms with Gasteiger partial charge in [0.25, 0.3) is 0 Å². The number of carbonyl (C=O) groups is 2. The number of hydrogen-bond acceptors (Lipinski definition) is 3. The van der Waals surface area contributed by atoms with Crippen LogP contribution in [0.3, 0.4) is 0 Å². The number of benzene rings is 2. The van der Waals surface area contributed by atoms with Crippen LogP contribution in [0.25, 0.3) is 0 Å². The van der Waals surface area contributed by atoms with E-state index in [0.29, 0.717) is 12.3 Å². The van der Waals surface area contributed by atoms with Gasteiger partial charge in [0.2, 0.25) is 0 Å². The van der Waals surface area contributed by atoms with Crippen LogP contribution >= 0.6 is 0 Å². The number of carboxylic acids is 1. The van der Waals surface area contributed by atoms with E-state index in [1.165, 1.54) is 12.1 Å². The first-order valence-electron chi connectivity index (χ1n) is 6.60. The maximum absolute atomic E-state index is 11.9. The van der Waals surface area contributed by atoms with E-state index < -0.39 is 12.0 Å². The summed E-state index contributed by atoms with van der Waals surface area (Å²) in [6, 6.07) is 13.1. The SMILES string of the molecule is COc1cccc(CNC(=O)Nc2ccccc2C(=O)O)c1. The highest BCUT2D eigenvalue weighted by molar-refractivity contribution is 5.99. The van der Waals surface area contributed by atoms with Crippen LogP contribution in [0.4, 0.5) is 10.5 Å². The van der Waals surface area contributed by atoms with Crippen molar-refractivity contribution in [1.29, 1.82) is 0 Å². The van der Waals surface area contributed by atoms with Crippen LogP contribution in [-0.2, 0) is 6.54 Å². The smallest absolute Gasteiger partial charge is 0.337 e. The van der Waals surface area contributed by atoms with Gasteiger partial charge in [0.05, 0.1) is 18.4 Å². The molecule has 0 spiro atoms. The number of para-hydroxylation sites is 1. The summed E-state index contributed by atoms with van der Waals surface area (Å²) in [5, 5.41) is 14.3. The predicted octanol–water partition coefficient (Wildman–Crippen LogP) is 2.72. The highest BCUT2D eigenvalue weighted by Crippen LogP contribution is 2.15. The van der Waals surface area contributed by atoms with E-state index in [4.69, 9.17) is 9.84 Å². The predicted molar refractivity (Wildman–Crippen MR) is 82.3 cm³/mol. The number of nitrogens with one attached hydrogen (secondary N) is 2. The number of amides is 2. The summed E-state index contributed by atoms with van der Waals surface area (Å²) < 4.78 is 5.11. The Morgan fingerprint density at radius 3 is 2.64 bits per heavy atom. The Kier molecular flexibility index (Phi) is 4.98. The molecule has 0 aromatic heterocycles. The molecule has 2 rings (SSSR count). The maximum atomic E-state index is 11.9. The van der Waals surface area contributed by atoms with Crippen molar-refractivity contribution in [2.45, 2.75) is 6.54 Å². The minimum Gasteiger partial charge on any atom is -0.497 e. The Bertz CT molecular complexity index is 685. The van der Waals surface area contributed by atoms with Gasteiger partial charge in [-0.15, -0.1) is 0 Å². The summed E-state index contributed by atoms with van der Waals surface area (Å²) in [6.07, 6.45) is 0. The lowest BCUT2D eigenvalue weighted by Gasteiger charge is -2.10. The first-order valence-corrected chi connectivity index (χ1v) is 6.60. The average molecular weight is 300 g/mol. The molecular weight excluding hydrogens is 284 g/mol. The van der Waals surface area contributed by atoms with Gasteiger partial charge in [0, 0.05) is 6.54 Å². The van der Waals surface area contributed by atoms with Gasteiger partial charge in [0.1, 0.15) is 5.75 Å². The Hall–Kier alpha value is -3.02. The summed E-state index contributed by atoms with van der Waals surface area (Å²) in [5.41, 5.74) is 1.16. The molecule has 2 aromatic carbocycles. The molecule has 114 valence electrons. The van der Waals surface area contributed by atoms with Crippen LogP contribution in [0, 0.1) is 0 Å². The number of anilines is 1. The zero-order valence-corrected chi connectivity index (χ0v) is 12.0. The number of hydrogen-bond donors (Lipinski definition) is 3. The topological polar surface area (TPSA) is 87.7 Å². The van der Waals surface area contributed by atoms with Crippen LogP contribution in [0.1, 0.15) is 15.9 Å². The number of ether oxygens (including phenoxy) is 1. The lowest BCUT2D eigenvalue weighted by molar-refractivity contribution is 0.0698. The molecule has 6 nitrogen and oxygen atoms in total. The molecule has 0 fully saturated rings. The molecule has 0 radical (unpaired) electrons. The van der Waals surface area contributed by atoms with E-state index in [1.807, 2.05) is 24.3 Å². The minimum absolute atomic E-state index is 0.0408. The Morgan fingerprint density at radius 1 is 1.14 bits per heavy atom. The minimum atomic E-state index is -1.09. The first-order chi connectivity index (χ1) is 10.6. The molecule has 0 aliphatic carbocycles. The van der Waals surface area contributed by atoms with Crippen molar-refractivity contribution >= 4 is 17.7 Å². The fourth-order valence-corrected chi connectivity index (χ4v) is 1.91. The summed E-state index contributed by atoms with van der Waals surface area (Å²) in [7, 11) is 1.57. The summed E-state index contributed by atoms with van der Waals surface area (Å²) in [4.78, 5) is 22.9. The molecule has 2 aromatic rings. The largest absolute Gasteiger partial charge is 0.497 e. The monoisotopic (exact) mass is 300 g/mol. The van der Waals surface area contributed by atoms with Crippen LogP contribution < -0.4 is 15.4 Å². The second kappa shape index (κ2) is 7.12. The number of carbonyl (C=O) groups excluding carboxylic acids is 1. The molecule has 0 heterocycles. The molecule has 0 saturated heterocycles. The van der Waals surface area contributed by atoms with Gasteiger partial charge in [-0.25, -0.2) is 9.59 Å². The number of urea groups is 1. The highest BCUT2D eigenvalue weighted by atomic mass is 16.5. The van der Waals surface area contributed by atoms with Crippen LogP contribution in [0.2, 0.25) is 0 Å². The third kappa shape index (κ3) is 3.99. The van der Waals surface area contributed by atoms with Gasteiger partial charge in [0.15, 0.2) is 0 Å². The molecular formula is C16H16N2O4. The van der Waals surface area contributed by atoms with Gasteiger partial charge in [-0.3, -0.25) is 0 Å². The van der Waals surface area contributed by atoms with E-state index in [0.717, 1.165) is 5.56 Å². The lowest BCUT2D eigenvalue weighted by Crippen LogP contribution is -2.28. The van der Waals surface area contributed by atoms with Crippen molar-refractivity contribution in [3.05, 3.63) is 59.7 Å². The van der Waals surface area contributed by atoms with Gasteiger partial charge in [-0.1, -0.05) is 24.3 Å². The molecule has 2 amide bonds. The van der Waals surface area contributed by atoms with Crippen molar-refractivity contribution in [2.75, 3.05) is 12.4 Å². The third-order valence-electron chi connectivity index (χ3n) is 2.99. The zero-order valence-electron chi connectivity index (χ0n) is 12.0. The second-order valence-electron chi connectivity index (χ2n) is 4.51. The molecule has 0 bridgehead atoms. The van der Waals surface area contributed by atoms with E-state index >= 15 is 0 Å². The number of rotatable bonds is 5. The van der Waals surface area contributed by atoms with Gasteiger partial charge in [-0.05, 0) is 29.8 Å². The normalized spacial score (nSPS) is 9.86. The van der Waals surface area contributed by atoms with E-state index in [2.05, 4.69) is 10.6 Å². The molecule has 6 heteroatoms. The van der Waals surface area contributed by atoms with E-state index in [9.17, 15) is 9.59 Å². The first kappa shape index (κ1) is 15.4. The molecule has 0 saturated carbocycles. The third-order valence-corrected chi connectivity index (χ3v) is 2.99. The van der Waals surface area contributed by atoms with E-state index in [-0.39, 0.29) is 11.3 Å². The number of carboxylic acid groups (broad SMARTS) is 1. The highest BCUT2D eigenvalue weighted by Gasteiger charge is 2.11. The Labute approximate surface area is 127 Å². The van der Waals surface area contributed by atoms with Crippen LogP contribution in [0.15, 0.2) is 48.5 Å². The van der Waals surface area contributed by atoms with Crippen molar-refractivity contribution < 1.29 is 19.4 Å². The summed E-state index contributed by atoms with van der Waals surface area (Å²) in [5.74, 6) is -0.389.